The highest BCUT2D eigenvalue weighted by Crippen LogP contribution is 2.22. The second-order valence-corrected chi connectivity index (χ2v) is 4.56. The van der Waals surface area contributed by atoms with Gasteiger partial charge < -0.3 is 9.64 Å². The molecular formula is C11H21NO. The van der Waals surface area contributed by atoms with Gasteiger partial charge in [-0.05, 0) is 44.7 Å². The van der Waals surface area contributed by atoms with E-state index in [0.29, 0.717) is 0 Å². The maximum Gasteiger partial charge on any atom is 0.0480 e. The van der Waals surface area contributed by atoms with Crippen LogP contribution in [0.4, 0.5) is 0 Å². The summed E-state index contributed by atoms with van der Waals surface area (Å²) in [5.41, 5.74) is 0. The highest BCUT2D eigenvalue weighted by atomic mass is 16.5. The van der Waals surface area contributed by atoms with Crippen molar-refractivity contribution >= 4 is 0 Å². The molecule has 0 spiro atoms. The fraction of sp³-hybridized carbons (Fsp3) is 1.00. The summed E-state index contributed by atoms with van der Waals surface area (Å²) in [6.07, 6.45) is 5.32. The van der Waals surface area contributed by atoms with Gasteiger partial charge in [0, 0.05) is 19.3 Å². The van der Waals surface area contributed by atoms with Crippen molar-refractivity contribution in [3.05, 3.63) is 0 Å². The van der Waals surface area contributed by atoms with Crippen LogP contribution in [0.15, 0.2) is 0 Å². The molecule has 0 N–H and O–H groups in total. The fourth-order valence-electron chi connectivity index (χ4n) is 2.44. The molecule has 0 radical (unpaired) electrons. The van der Waals surface area contributed by atoms with Crippen LogP contribution in [0.1, 0.15) is 32.6 Å². The van der Waals surface area contributed by atoms with Crippen LogP contribution in [0.2, 0.25) is 0 Å². The molecule has 2 aliphatic rings. The molecule has 2 heteroatoms. The Labute approximate surface area is 81.3 Å². The molecule has 0 unspecified atom stereocenters. The molecule has 76 valence electrons. The minimum absolute atomic E-state index is 0.834. The van der Waals surface area contributed by atoms with Crippen molar-refractivity contribution in [1.29, 1.82) is 0 Å². The van der Waals surface area contributed by atoms with E-state index in [-0.39, 0.29) is 0 Å². The van der Waals surface area contributed by atoms with Crippen LogP contribution < -0.4 is 0 Å². The van der Waals surface area contributed by atoms with E-state index in [0.717, 1.165) is 25.2 Å². The van der Waals surface area contributed by atoms with Crippen LogP contribution >= 0.6 is 0 Å². The minimum atomic E-state index is 0.834. The molecule has 0 amide bonds. The molecule has 2 saturated heterocycles. The lowest BCUT2D eigenvalue weighted by Gasteiger charge is -2.38. The van der Waals surface area contributed by atoms with Crippen LogP contribution in [-0.2, 0) is 4.74 Å². The van der Waals surface area contributed by atoms with Crippen LogP contribution in [0.3, 0.4) is 0 Å². The highest BCUT2D eigenvalue weighted by Gasteiger charge is 2.24. The third kappa shape index (κ3) is 2.44. The summed E-state index contributed by atoms with van der Waals surface area (Å²) in [7, 11) is 0. The molecule has 0 aromatic carbocycles. The van der Waals surface area contributed by atoms with Crippen LogP contribution in [-0.4, -0.2) is 37.2 Å². The summed E-state index contributed by atoms with van der Waals surface area (Å²) < 4.78 is 5.38. The molecule has 2 fully saturated rings. The SMILES string of the molecule is CC1CCN(C2CCOCC2)CC1. The Hall–Kier alpha value is -0.0800. The molecule has 0 atom stereocenters. The number of hydrogen-bond acceptors (Lipinski definition) is 2. The van der Waals surface area contributed by atoms with Gasteiger partial charge in [0.2, 0.25) is 0 Å². The number of hydrogen-bond donors (Lipinski definition) is 0. The van der Waals surface area contributed by atoms with E-state index in [1.165, 1.54) is 38.8 Å². The first-order chi connectivity index (χ1) is 6.36. The van der Waals surface area contributed by atoms with Gasteiger partial charge in [0.05, 0.1) is 0 Å². The standard InChI is InChI=1S/C11H21NO/c1-10-2-6-12(7-3-10)11-4-8-13-9-5-11/h10-11H,2-9H2,1H3. The average Bonchev–Trinajstić information content (AvgIpc) is 2.20. The Balaban J connectivity index is 1.79. The van der Waals surface area contributed by atoms with Gasteiger partial charge in [-0.3, -0.25) is 0 Å². The molecule has 2 nitrogen and oxygen atoms in total. The minimum Gasteiger partial charge on any atom is -0.381 e. The number of rotatable bonds is 1. The van der Waals surface area contributed by atoms with Crippen molar-refractivity contribution < 1.29 is 4.74 Å². The van der Waals surface area contributed by atoms with Gasteiger partial charge in [-0.1, -0.05) is 6.92 Å². The zero-order valence-electron chi connectivity index (χ0n) is 8.67. The van der Waals surface area contributed by atoms with E-state index in [2.05, 4.69) is 11.8 Å². The highest BCUT2D eigenvalue weighted by molar-refractivity contribution is 4.78. The second-order valence-electron chi connectivity index (χ2n) is 4.56. The maximum absolute atomic E-state index is 5.38. The van der Waals surface area contributed by atoms with E-state index in [9.17, 15) is 0 Å². The zero-order chi connectivity index (χ0) is 9.10. The van der Waals surface area contributed by atoms with E-state index < -0.39 is 0 Å². The largest absolute Gasteiger partial charge is 0.381 e. The lowest BCUT2D eigenvalue weighted by atomic mass is 9.96. The Morgan fingerprint density at radius 1 is 1.00 bits per heavy atom. The van der Waals surface area contributed by atoms with Gasteiger partial charge >= 0.3 is 0 Å². The lowest BCUT2D eigenvalue weighted by molar-refractivity contribution is 0.0222. The monoisotopic (exact) mass is 183 g/mol. The quantitative estimate of drug-likeness (QED) is 0.615. The van der Waals surface area contributed by atoms with Crippen molar-refractivity contribution in [3.63, 3.8) is 0 Å². The Bertz CT molecular complexity index is 146. The molecule has 0 aromatic rings. The molecule has 2 rings (SSSR count). The van der Waals surface area contributed by atoms with Crippen LogP contribution in [0, 0.1) is 5.92 Å². The predicted molar refractivity (Wildman–Crippen MR) is 53.8 cm³/mol. The lowest BCUT2D eigenvalue weighted by Crippen LogP contribution is -2.43. The molecule has 0 bridgehead atoms. The molecule has 2 aliphatic heterocycles. The Kier molecular flexibility index (Phi) is 3.23. The number of piperidine rings is 1. The summed E-state index contributed by atoms with van der Waals surface area (Å²) in [6.45, 7) is 6.99. The number of ether oxygens (including phenoxy) is 1. The van der Waals surface area contributed by atoms with Crippen molar-refractivity contribution in [2.75, 3.05) is 26.3 Å². The van der Waals surface area contributed by atoms with E-state index >= 15 is 0 Å². The predicted octanol–water partition coefficient (Wildman–Crippen LogP) is 1.90. The third-order valence-corrected chi connectivity index (χ3v) is 3.53. The molecule has 2 heterocycles. The summed E-state index contributed by atoms with van der Waals surface area (Å²) in [5, 5.41) is 0. The molecule has 0 aliphatic carbocycles. The van der Waals surface area contributed by atoms with Gasteiger partial charge in [-0.2, -0.15) is 0 Å². The first-order valence-electron chi connectivity index (χ1n) is 5.68. The van der Waals surface area contributed by atoms with Crippen molar-refractivity contribution in [2.24, 2.45) is 5.92 Å². The fourth-order valence-corrected chi connectivity index (χ4v) is 2.44. The average molecular weight is 183 g/mol. The second kappa shape index (κ2) is 4.43. The summed E-state index contributed by atoms with van der Waals surface area (Å²) in [5.74, 6) is 0.955. The van der Waals surface area contributed by atoms with Crippen molar-refractivity contribution in [3.8, 4) is 0 Å². The first kappa shape index (κ1) is 9.47. The first-order valence-corrected chi connectivity index (χ1v) is 5.68. The van der Waals surface area contributed by atoms with Crippen molar-refractivity contribution in [1.82, 2.24) is 4.90 Å². The Morgan fingerprint density at radius 2 is 1.62 bits per heavy atom. The maximum atomic E-state index is 5.38. The molecule has 13 heavy (non-hydrogen) atoms. The van der Waals surface area contributed by atoms with Gasteiger partial charge in [0.1, 0.15) is 0 Å². The molecule has 0 saturated carbocycles. The number of nitrogens with zero attached hydrogens (tertiary/aromatic N) is 1. The van der Waals surface area contributed by atoms with Gasteiger partial charge in [0.25, 0.3) is 0 Å². The van der Waals surface area contributed by atoms with Crippen LogP contribution in [0.5, 0.6) is 0 Å². The topological polar surface area (TPSA) is 12.5 Å². The zero-order valence-corrected chi connectivity index (χ0v) is 8.67. The summed E-state index contributed by atoms with van der Waals surface area (Å²) >= 11 is 0. The number of likely N-dealkylation sites (tertiary alicyclic amines) is 1. The van der Waals surface area contributed by atoms with Crippen molar-refractivity contribution in [2.45, 2.75) is 38.6 Å². The van der Waals surface area contributed by atoms with E-state index in [4.69, 9.17) is 4.74 Å². The Morgan fingerprint density at radius 3 is 2.23 bits per heavy atom. The van der Waals surface area contributed by atoms with E-state index in [1.54, 1.807) is 0 Å². The molecule has 0 aromatic heterocycles. The van der Waals surface area contributed by atoms with Gasteiger partial charge in [-0.15, -0.1) is 0 Å². The van der Waals surface area contributed by atoms with Gasteiger partial charge in [0.15, 0.2) is 0 Å². The van der Waals surface area contributed by atoms with E-state index in [1.807, 2.05) is 0 Å². The van der Waals surface area contributed by atoms with Crippen LogP contribution in [0.25, 0.3) is 0 Å². The summed E-state index contributed by atoms with van der Waals surface area (Å²) in [6, 6.07) is 0.834. The smallest absolute Gasteiger partial charge is 0.0480 e. The third-order valence-electron chi connectivity index (χ3n) is 3.53. The normalized spacial score (nSPS) is 29.3. The summed E-state index contributed by atoms with van der Waals surface area (Å²) in [4.78, 5) is 2.68. The molecular weight excluding hydrogens is 162 g/mol. The van der Waals surface area contributed by atoms with Gasteiger partial charge in [-0.25, -0.2) is 0 Å².